The molecule has 1 aromatic rings. The van der Waals surface area contributed by atoms with Crippen LogP contribution in [-0.4, -0.2) is 36.9 Å². The molecule has 1 fully saturated rings. The lowest BCUT2D eigenvalue weighted by molar-refractivity contribution is 0.0320. The maximum absolute atomic E-state index is 12.0. The van der Waals surface area contributed by atoms with Crippen LogP contribution in [-0.2, 0) is 10.2 Å². The first kappa shape index (κ1) is 17.0. The molecule has 1 unspecified atom stereocenters. The third-order valence-corrected chi connectivity index (χ3v) is 3.87. The molecule has 1 aliphatic rings. The summed E-state index contributed by atoms with van der Waals surface area (Å²) in [4.78, 5) is 12.0. The van der Waals surface area contributed by atoms with E-state index in [2.05, 4.69) is 26.1 Å². The molecule has 4 heteroatoms. The van der Waals surface area contributed by atoms with Crippen LogP contribution in [0.4, 0.5) is 0 Å². The van der Waals surface area contributed by atoms with Crippen molar-refractivity contribution in [2.24, 2.45) is 5.92 Å². The summed E-state index contributed by atoms with van der Waals surface area (Å²) in [6.45, 7) is 7.63. The molecule has 2 rings (SSSR count). The fourth-order valence-corrected chi connectivity index (χ4v) is 2.15. The number of benzene rings is 1. The van der Waals surface area contributed by atoms with E-state index in [1.807, 2.05) is 24.3 Å². The van der Waals surface area contributed by atoms with E-state index in [9.17, 15) is 9.90 Å². The average molecular weight is 305 g/mol. The molecular weight excluding hydrogens is 278 g/mol. The van der Waals surface area contributed by atoms with Gasteiger partial charge in [-0.25, -0.2) is 0 Å². The van der Waals surface area contributed by atoms with Gasteiger partial charge < -0.3 is 15.2 Å². The van der Waals surface area contributed by atoms with Crippen LogP contribution in [0.25, 0.3) is 0 Å². The monoisotopic (exact) mass is 305 g/mol. The summed E-state index contributed by atoms with van der Waals surface area (Å²) in [6.07, 6.45) is 1.81. The first-order valence-corrected chi connectivity index (χ1v) is 8.01. The van der Waals surface area contributed by atoms with E-state index < -0.39 is 6.10 Å². The summed E-state index contributed by atoms with van der Waals surface area (Å²) < 4.78 is 5.41. The van der Waals surface area contributed by atoms with Crippen molar-refractivity contribution in [3.8, 4) is 0 Å². The zero-order valence-electron chi connectivity index (χ0n) is 13.8. The third kappa shape index (κ3) is 5.43. The predicted octanol–water partition coefficient (Wildman–Crippen LogP) is 2.50. The van der Waals surface area contributed by atoms with Crippen molar-refractivity contribution >= 4 is 5.91 Å². The minimum Gasteiger partial charge on any atom is -0.389 e. The summed E-state index contributed by atoms with van der Waals surface area (Å²) >= 11 is 0. The minimum atomic E-state index is -0.656. The Balaban J connectivity index is 1.73. The van der Waals surface area contributed by atoms with Gasteiger partial charge in [0.1, 0.15) is 0 Å². The number of aliphatic hydroxyl groups excluding tert-OH is 1. The highest BCUT2D eigenvalue weighted by Crippen LogP contribution is 2.28. The first-order chi connectivity index (χ1) is 10.4. The van der Waals surface area contributed by atoms with Gasteiger partial charge in [-0.1, -0.05) is 32.9 Å². The topological polar surface area (TPSA) is 58.6 Å². The Hall–Kier alpha value is -1.39. The number of nitrogens with one attached hydrogen (secondary N) is 1. The maximum Gasteiger partial charge on any atom is 0.251 e. The van der Waals surface area contributed by atoms with E-state index in [0.29, 0.717) is 11.5 Å². The third-order valence-electron chi connectivity index (χ3n) is 3.87. The molecule has 1 aromatic carbocycles. The summed E-state index contributed by atoms with van der Waals surface area (Å²) in [7, 11) is 0. The SMILES string of the molecule is CC(C)(C)c1ccc(C(=O)NCC(O)COCC2CC2)cc1. The zero-order valence-corrected chi connectivity index (χ0v) is 13.8. The summed E-state index contributed by atoms with van der Waals surface area (Å²) in [6, 6.07) is 7.60. The standard InChI is InChI=1S/C18H27NO3/c1-18(2,3)15-8-6-14(7-9-15)17(21)19-10-16(20)12-22-11-13-4-5-13/h6-9,13,16,20H,4-5,10-12H2,1-3H3,(H,19,21). The molecule has 1 saturated carbocycles. The van der Waals surface area contributed by atoms with Gasteiger partial charge in [-0.2, -0.15) is 0 Å². The Bertz CT molecular complexity index is 486. The van der Waals surface area contributed by atoms with E-state index in [4.69, 9.17) is 4.74 Å². The fraction of sp³-hybridized carbons (Fsp3) is 0.611. The second-order valence-corrected chi connectivity index (χ2v) is 7.17. The van der Waals surface area contributed by atoms with Crippen molar-refractivity contribution in [2.75, 3.05) is 19.8 Å². The van der Waals surface area contributed by atoms with E-state index >= 15 is 0 Å². The Morgan fingerprint density at radius 3 is 2.50 bits per heavy atom. The molecule has 0 heterocycles. The van der Waals surface area contributed by atoms with Crippen LogP contribution in [0.1, 0.15) is 49.5 Å². The molecule has 0 saturated heterocycles. The van der Waals surface area contributed by atoms with Gasteiger partial charge in [0.05, 0.1) is 12.7 Å². The average Bonchev–Trinajstić information content (AvgIpc) is 3.28. The quantitative estimate of drug-likeness (QED) is 0.814. The van der Waals surface area contributed by atoms with Gasteiger partial charge in [-0.15, -0.1) is 0 Å². The van der Waals surface area contributed by atoms with Crippen LogP contribution in [0.3, 0.4) is 0 Å². The van der Waals surface area contributed by atoms with E-state index in [1.165, 1.54) is 18.4 Å². The van der Waals surface area contributed by atoms with E-state index in [1.54, 1.807) is 0 Å². The Morgan fingerprint density at radius 2 is 1.95 bits per heavy atom. The molecule has 4 nitrogen and oxygen atoms in total. The smallest absolute Gasteiger partial charge is 0.251 e. The molecule has 0 bridgehead atoms. The molecule has 122 valence electrons. The number of hydrogen-bond donors (Lipinski definition) is 2. The molecule has 22 heavy (non-hydrogen) atoms. The molecular formula is C18H27NO3. The maximum atomic E-state index is 12.0. The lowest BCUT2D eigenvalue weighted by Crippen LogP contribution is -2.34. The van der Waals surface area contributed by atoms with Crippen molar-refractivity contribution < 1.29 is 14.6 Å². The minimum absolute atomic E-state index is 0.0735. The van der Waals surface area contributed by atoms with Gasteiger partial charge in [-0.3, -0.25) is 4.79 Å². The molecule has 1 aliphatic carbocycles. The van der Waals surface area contributed by atoms with Crippen molar-refractivity contribution in [2.45, 2.75) is 45.1 Å². The van der Waals surface area contributed by atoms with Crippen LogP contribution < -0.4 is 5.32 Å². The molecule has 0 aliphatic heterocycles. The van der Waals surface area contributed by atoms with Crippen molar-refractivity contribution in [3.63, 3.8) is 0 Å². The van der Waals surface area contributed by atoms with Crippen LogP contribution in [0.2, 0.25) is 0 Å². The number of aliphatic hydroxyl groups is 1. The Kier molecular flexibility index (Phi) is 5.59. The second kappa shape index (κ2) is 7.25. The van der Waals surface area contributed by atoms with Gasteiger partial charge in [0.15, 0.2) is 0 Å². The van der Waals surface area contributed by atoms with E-state index in [0.717, 1.165) is 6.61 Å². The highest BCUT2D eigenvalue weighted by molar-refractivity contribution is 5.94. The summed E-state index contributed by atoms with van der Waals surface area (Å²) in [5.74, 6) is 0.518. The normalized spacial score (nSPS) is 16.4. The number of carbonyl (C=O) groups is 1. The van der Waals surface area contributed by atoms with Crippen LogP contribution >= 0.6 is 0 Å². The Morgan fingerprint density at radius 1 is 1.32 bits per heavy atom. The summed E-state index contributed by atoms with van der Waals surface area (Å²) in [5, 5.41) is 12.5. The van der Waals surface area contributed by atoms with Gasteiger partial charge in [0, 0.05) is 18.7 Å². The lowest BCUT2D eigenvalue weighted by atomic mass is 9.87. The van der Waals surface area contributed by atoms with E-state index in [-0.39, 0.29) is 24.5 Å². The predicted molar refractivity (Wildman–Crippen MR) is 87.0 cm³/mol. The van der Waals surface area contributed by atoms with Crippen LogP contribution in [0, 0.1) is 5.92 Å². The number of rotatable bonds is 7. The largest absolute Gasteiger partial charge is 0.389 e. The van der Waals surface area contributed by atoms with Gasteiger partial charge >= 0.3 is 0 Å². The van der Waals surface area contributed by atoms with Gasteiger partial charge in [0.2, 0.25) is 0 Å². The molecule has 0 radical (unpaired) electrons. The number of amides is 1. The molecule has 1 amide bonds. The highest BCUT2D eigenvalue weighted by atomic mass is 16.5. The van der Waals surface area contributed by atoms with Crippen molar-refractivity contribution in [1.82, 2.24) is 5.32 Å². The number of carbonyl (C=O) groups excluding carboxylic acids is 1. The number of hydrogen-bond acceptors (Lipinski definition) is 3. The molecule has 2 N–H and O–H groups in total. The van der Waals surface area contributed by atoms with Gasteiger partial charge in [-0.05, 0) is 41.9 Å². The molecule has 1 atom stereocenters. The van der Waals surface area contributed by atoms with Crippen molar-refractivity contribution in [1.29, 1.82) is 0 Å². The molecule has 0 aromatic heterocycles. The Labute approximate surface area is 132 Å². The summed E-state index contributed by atoms with van der Waals surface area (Å²) in [5.41, 5.74) is 1.88. The fourth-order valence-electron chi connectivity index (χ4n) is 2.15. The first-order valence-electron chi connectivity index (χ1n) is 8.01. The highest BCUT2D eigenvalue weighted by Gasteiger charge is 2.21. The second-order valence-electron chi connectivity index (χ2n) is 7.17. The van der Waals surface area contributed by atoms with Gasteiger partial charge in [0.25, 0.3) is 5.91 Å². The van der Waals surface area contributed by atoms with Crippen molar-refractivity contribution in [3.05, 3.63) is 35.4 Å². The molecule has 0 spiro atoms. The lowest BCUT2D eigenvalue weighted by Gasteiger charge is -2.19. The van der Waals surface area contributed by atoms with Crippen LogP contribution in [0.15, 0.2) is 24.3 Å². The zero-order chi connectivity index (χ0) is 16.2. The van der Waals surface area contributed by atoms with Crippen LogP contribution in [0.5, 0.6) is 0 Å². The number of ether oxygens (including phenoxy) is 1.